The molecular formula is C22H36N2O7Si. The summed E-state index contributed by atoms with van der Waals surface area (Å²) >= 11 is 0. The molecule has 2 atom stereocenters. The summed E-state index contributed by atoms with van der Waals surface area (Å²) in [5, 5.41) is 14.4. The second-order valence-electron chi connectivity index (χ2n) is 8.92. The molecule has 2 amide bonds. The van der Waals surface area contributed by atoms with Crippen LogP contribution >= 0.6 is 0 Å². The van der Waals surface area contributed by atoms with Gasteiger partial charge in [0, 0.05) is 13.0 Å². The number of hydrogen-bond donors (Lipinski definition) is 3. The highest BCUT2D eigenvalue weighted by Crippen LogP contribution is 2.36. The van der Waals surface area contributed by atoms with Gasteiger partial charge in [-0.1, -0.05) is 51.1 Å². The first-order chi connectivity index (χ1) is 14.9. The molecule has 1 rings (SSSR count). The summed E-state index contributed by atoms with van der Waals surface area (Å²) in [6.07, 6.45) is -0.666. The SMILES string of the molecule is COC(=O)[C@@H](CCO[Si](C)(C)C(C)(C)C)NC(=O)[C@H](CO)NC(=O)OCc1ccccc1. The molecule has 10 heteroatoms. The van der Waals surface area contributed by atoms with Crippen molar-refractivity contribution in [3.63, 3.8) is 0 Å². The number of aliphatic hydroxyl groups excluding tert-OH is 1. The Kier molecular flexibility index (Phi) is 10.8. The van der Waals surface area contributed by atoms with Gasteiger partial charge in [0.2, 0.25) is 5.91 Å². The molecule has 0 saturated heterocycles. The zero-order valence-corrected chi connectivity index (χ0v) is 20.8. The number of hydrogen-bond acceptors (Lipinski definition) is 7. The van der Waals surface area contributed by atoms with E-state index in [1.54, 1.807) is 12.1 Å². The van der Waals surface area contributed by atoms with E-state index in [1.165, 1.54) is 7.11 Å². The molecule has 0 radical (unpaired) electrons. The van der Waals surface area contributed by atoms with E-state index in [9.17, 15) is 19.5 Å². The first-order valence-electron chi connectivity index (χ1n) is 10.5. The van der Waals surface area contributed by atoms with Gasteiger partial charge >= 0.3 is 12.1 Å². The van der Waals surface area contributed by atoms with E-state index < -0.39 is 45.0 Å². The molecule has 0 bridgehead atoms. The molecule has 0 aliphatic carbocycles. The van der Waals surface area contributed by atoms with Crippen molar-refractivity contribution in [2.75, 3.05) is 20.3 Å². The first kappa shape index (κ1) is 27.6. The predicted octanol–water partition coefficient (Wildman–Crippen LogP) is 2.34. The Hall–Kier alpha value is -2.43. The smallest absolute Gasteiger partial charge is 0.408 e. The van der Waals surface area contributed by atoms with Crippen molar-refractivity contribution in [2.45, 2.75) is 64.0 Å². The molecule has 1 aromatic carbocycles. The number of aliphatic hydroxyl groups is 1. The Balaban J connectivity index is 2.64. The van der Waals surface area contributed by atoms with Gasteiger partial charge in [0.05, 0.1) is 13.7 Å². The molecule has 0 heterocycles. The summed E-state index contributed by atoms with van der Waals surface area (Å²) in [7, 11) is -0.802. The van der Waals surface area contributed by atoms with Gasteiger partial charge in [0.1, 0.15) is 18.7 Å². The summed E-state index contributed by atoms with van der Waals surface area (Å²) in [6, 6.07) is 6.77. The summed E-state index contributed by atoms with van der Waals surface area (Å²) < 4.78 is 15.9. The summed E-state index contributed by atoms with van der Waals surface area (Å²) in [5.74, 6) is -1.37. The van der Waals surface area contributed by atoms with Gasteiger partial charge in [-0.15, -0.1) is 0 Å². The third-order valence-electron chi connectivity index (χ3n) is 5.48. The Morgan fingerprint density at radius 2 is 1.69 bits per heavy atom. The number of nitrogens with one attached hydrogen (secondary N) is 2. The fourth-order valence-electron chi connectivity index (χ4n) is 2.41. The molecule has 32 heavy (non-hydrogen) atoms. The maximum absolute atomic E-state index is 12.6. The van der Waals surface area contributed by atoms with Gasteiger partial charge in [0.25, 0.3) is 0 Å². The number of alkyl carbamates (subject to hydrolysis) is 1. The van der Waals surface area contributed by atoms with E-state index in [4.69, 9.17) is 13.9 Å². The van der Waals surface area contributed by atoms with E-state index in [0.717, 1.165) is 5.56 Å². The lowest BCUT2D eigenvalue weighted by Gasteiger charge is -2.36. The predicted molar refractivity (Wildman–Crippen MR) is 122 cm³/mol. The van der Waals surface area contributed by atoms with Crippen LogP contribution in [0.5, 0.6) is 0 Å². The summed E-state index contributed by atoms with van der Waals surface area (Å²) in [4.78, 5) is 36.7. The van der Waals surface area contributed by atoms with Crippen molar-refractivity contribution in [3.05, 3.63) is 35.9 Å². The lowest BCUT2D eigenvalue weighted by atomic mass is 10.2. The Bertz CT molecular complexity index is 750. The highest BCUT2D eigenvalue weighted by Gasteiger charge is 2.37. The van der Waals surface area contributed by atoms with Crippen LogP contribution in [0.25, 0.3) is 0 Å². The molecule has 0 saturated carbocycles. The molecule has 9 nitrogen and oxygen atoms in total. The monoisotopic (exact) mass is 468 g/mol. The van der Waals surface area contributed by atoms with Gasteiger partial charge in [0.15, 0.2) is 8.32 Å². The van der Waals surface area contributed by atoms with Crippen LogP contribution in [-0.4, -0.2) is 63.8 Å². The largest absolute Gasteiger partial charge is 0.467 e. The number of carbonyl (C=O) groups excluding carboxylic acids is 3. The molecule has 0 aromatic heterocycles. The van der Waals surface area contributed by atoms with Crippen LogP contribution in [-0.2, 0) is 30.1 Å². The normalized spacial score (nSPS) is 13.6. The zero-order chi connectivity index (χ0) is 24.4. The maximum atomic E-state index is 12.6. The molecule has 0 aliphatic rings. The topological polar surface area (TPSA) is 123 Å². The summed E-state index contributed by atoms with van der Waals surface area (Å²) in [5.41, 5.74) is 0.778. The Morgan fingerprint density at radius 1 is 1.06 bits per heavy atom. The van der Waals surface area contributed by atoms with Crippen molar-refractivity contribution in [1.29, 1.82) is 0 Å². The van der Waals surface area contributed by atoms with Gasteiger partial charge < -0.3 is 29.6 Å². The molecule has 3 N–H and O–H groups in total. The number of methoxy groups -OCH3 is 1. The minimum atomic E-state index is -2.02. The first-order valence-corrected chi connectivity index (χ1v) is 13.4. The fourth-order valence-corrected chi connectivity index (χ4v) is 3.47. The van der Waals surface area contributed by atoms with Crippen molar-refractivity contribution in [1.82, 2.24) is 10.6 Å². The van der Waals surface area contributed by atoms with Crippen LogP contribution in [0.3, 0.4) is 0 Å². The maximum Gasteiger partial charge on any atom is 0.408 e. The fraction of sp³-hybridized carbons (Fsp3) is 0.591. The molecular weight excluding hydrogens is 432 g/mol. The third-order valence-corrected chi connectivity index (χ3v) is 10.0. The molecule has 180 valence electrons. The lowest BCUT2D eigenvalue weighted by Crippen LogP contribution is -2.53. The standard InChI is InChI=1S/C22H36N2O7Si/c1-22(2,3)32(5,6)31-13-12-17(20(27)29-4)23-19(26)18(14-25)24-21(28)30-15-16-10-8-7-9-11-16/h7-11,17-18,25H,12-15H2,1-6H3,(H,23,26)(H,24,28)/t17-,18+/m1/s1. The van der Waals surface area contributed by atoms with Crippen molar-refractivity contribution >= 4 is 26.3 Å². The lowest BCUT2D eigenvalue weighted by molar-refractivity contribution is -0.145. The summed E-state index contributed by atoms with van der Waals surface area (Å²) in [6.45, 7) is 10.1. The van der Waals surface area contributed by atoms with Gasteiger partial charge in [-0.25, -0.2) is 9.59 Å². The second-order valence-corrected chi connectivity index (χ2v) is 13.7. The number of amides is 2. The molecule has 0 aliphatic heterocycles. The number of esters is 1. The van der Waals surface area contributed by atoms with E-state index in [0.29, 0.717) is 0 Å². The molecule has 0 unspecified atom stereocenters. The Labute approximate surface area is 190 Å². The van der Waals surface area contributed by atoms with E-state index >= 15 is 0 Å². The quantitative estimate of drug-likeness (QED) is 0.336. The van der Waals surface area contributed by atoms with E-state index in [1.807, 2.05) is 18.2 Å². The average molecular weight is 469 g/mol. The number of ether oxygens (including phenoxy) is 2. The molecule has 1 aromatic rings. The van der Waals surface area contributed by atoms with Crippen LogP contribution in [0.2, 0.25) is 18.1 Å². The van der Waals surface area contributed by atoms with E-state index in [2.05, 4.69) is 44.5 Å². The van der Waals surface area contributed by atoms with Crippen LogP contribution in [0.4, 0.5) is 4.79 Å². The van der Waals surface area contributed by atoms with Crippen LogP contribution in [0.1, 0.15) is 32.8 Å². The van der Waals surface area contributed by atoms with Crippen molar-refractivity contribution in [3.8, 4) is 0 Å². The third kappa shape index (κ3) is 8.97. The highest BCUT2D eigenvalue weighted by atomic mass is 28.4. The second kappa shape index (κ2) is 12.6. The van der Waals surface area contributed by atoms with Crippen LogP contribution < -0.4 is 10.6 Å². The minimum absolute atomic E-state index is 0.00300. The Morgan fingerprint density at radius 3 is 2.22 bits per heavy atom. The molecule has 0 spiro atoms. The van der Waals surface area contributed by atoms with Crippen LogP contribution in [0, 0.1) is 0 Å². The van der Waals surface area contributed by atoms with Crippen molar-refractivity contribution < 1.29 is 33.4 Å². The van der Waals surface area contributed by atoms with Crippen molar-refractivity contribution in [2.24, 2.45) is 0 Å². The van der Waals surface area contributed by atoms with E-state index in [-0.39, 0.29) is 24.7 Å². The number of carbonyl (C=O) groups is 3. The average Bonchev–Trinajstić information content (AvgIpc) is 2.74. The zero-order valence-electron chi connectivity index (χ0n) is 19.8. The highest BCUT2D eigenvalue weighted by molar-refractivity contribution is 6.74. The van der Waals surface area contributed by atoms with Crippen LogP contribution in [0.15, 0.2) is 30.3 Å². The van der Waals surface area contributed by atoms with Gasteiger partial charge in [-0.05, 0) is 23.7 Å². The number of benzene rings is 1. The van der Waals surface area contributed by atoms with Gasteiger partial charge in [-0.3, -0.25) is 4.79 Å². The minimum Gasteiger partial charge on any atom is -0.467 e. The van der Waals surface area contributed by atoms with Gasteiger partial charge in [-0.2, -0.15) is 0 Å². The number of rotatable bonds is 11. The molecule has 0 fully saturated rings.